The van der Waals surface area contributed by atoms with Crippen molar-refractivity contribution in [3.8, 4) is 0 Å². The number of carbonyl (C=O) groups is 1. The molecule has 0 spiro atoms. The van der Waals surface area contributed by atoms with Gasteiger partial charge >= 0.3 is 6.03 Å². The maximum Gasteiger partial charge on any atom is 0.321 e. The third-order valence-electron chi connectivity index (χ3n) is 5.28. The van der Waals surface area contributed by atoms with E-state index in [1.807, 2.05) is 48.4 Å². The highest BCUT2D eigenvalue weighted by atomic mass is 16.2. The van der Waals surface area contributed by atoms with Gasteiger partial charge in [0.15, 0.2) is 0 Å². The van der Waals surface area contributed by atoms with Crippen molar-refractivity contribution in [3.63, 3.8) is 0 Å². The lowest BCUT2D eigenvalue weighted by molar-refractivity contribution is 0.103. The number of nitrogens with one attached hydrogen (secondary N) is 3. The van der Waals surface area contributed by atoms with Gasteiger partial charge in [-0.25, -0.2) is 15.6 Å². The van der Waals surface area contributed by atoms with Crippen LogP contribution in [0.5, 0.6) is 0 Å². The van der Waals surface area contributed by atoms with Gasteiger partial charge in [0, 0.05) is 44.3 Å². The topological polar surface area (TPSA) is 72.5 Å². The van der Waals surface area contributed by atoms with Crippen LogP contribution in [-0.2, 0) is 0 Å². The fourth-order valence-electron chi connectivity index (χ4n) is 3.74. The van der Waals surface area contributed by atoms with E-state index in [4.69, 9.17) is 0 Å². The first-order chi connectivity index (χ1) is 13.2. The van der Waals surface area contributed by atoms with E-state index in [9.17, 15) is 4.79 Å². The first-order valence-corrected chi connectivity index (χ1v) is 9.47. The van der Waals surface area contributed by atoms with Crippen LogP contribution in [0.15, 0.2) is 48.8 Å². The Labute approximate surface area is 159 Å². The first-order valence-electron chi connectivity index (χ1n) is 9.47. The summed E-state index contributed by atoms with van der Waals surface area (Å²) in [7, 11) is 0. The number of benzene rings is 1. The van der Waals surface area contributed by atoms with Gasteiger partial charge in [-0.2, -0.15) is 0 Å². The number of carbonyl (C=O) groups excluding carboxylic acids is 1. The molecule has 2 unspecified atom stereocenters. The Kier molecular flexibility index (Phi) is 5.33. The molecule has 142 valence electrons. The van der Waals surface area contributed by atoms with Crippen LogP contribution in [0.4, 0.5) is 10.5 Å². The minimum absolute atomic E-state index is 0.0222. The van der Waals surface area contributed by atoms with E-state index in [1.165, 1.54) is 5.56 Å². The highest BCUT2D eigenvalue weighted by molar-refractivity contribution is 5.89. The largest absolute Gasteiger partial charge is 0.322 e. The molecule has 0 saturated carbocycles. The minimum atomic E-state index is -0.0222. The average Bonchev–Trinajstić information content (AvgIpc) is 3.19. The summed E-state index contributed by atoms with van der Waals surface area (Å²) in [6.45, 7) is 5.21. The molecule has 4 rings (SSSR count). The molecule has 27 heavy (non-hydrogen) atoms. The molecule has 3 N–H and O–H groups in total. The second-order valence-electron chi connectivity index (χ2n) is 7.20. The number of amides is 2. The number of pyridine rings is 1. The molecule has 2 atom stereocenters. The smallest absolute Gasteiger partial charge is 0.321 e. The number of anilines is 1. The normalized spacial score (nSPS) is 23.4. The summed E-state index contributed by atoms with van der Waals surface area (Å²) in [6, 6.07) is 12.2. The number of nitrogens with zero attached hydrogens (tertiary/aromatic N) is 3. The molecule has 1 aromatic carbocycles. The highest BCUT2D eigenvalue weighted by Crippen LogP contribution is 2.23. The summed E-state index contributed by atoms with van der Waals surface area (Å²) < 4.78 is 0. The van der Waals surface area contributed by atoms with E-state index in [2.05, 4.69) is 32.1 Å². The van der Waals surface area contributed by atoms with Crippen LogP contribution in [0, 0.1) is 6.92 Å². The lowest BCUT2D eigenvalue weighted by Gasteiger charge is -2.37. The molecule has 2 saturated heterocycles. The zero-order valence-corrected chi connectivity index (χ0v) is 15.6. The number of aromatic nitrogens is 1. The zero-order valence-electron chi connectivity index (χ0n) is 15.6. The predicted octanol–water partition coefficient (Wildman–Crippen LogP) is 2.10. The number of urea groups is 1. The van der Waals surface area contributed by atoms with Crippen LogP contribution < -0.4 is 16.2 Å². The van der Waals surface area contributed by atoms with Gasteiger partial charge in [-0.15, -0.1) is 0 Å². The van der Waals surface area contributed by atoms with E-state index in [0.29, 0.717) is 0 Å². The number of hydrogen-bond donors (Lipinski definition) is 3. The number of rotatable bonds is 3. The maximum absolute atomic E-state index is 12.5. The van der Waals surface area contributed by atoms with Gasteiger partial charge in [-0.1, -0.05) is 18.2 Å². The first kappa shape index (κ1) is 17.9. The summed E-state index contributed by atoms with van der Waals surface area (Å²) in [5.74, 6) is 0. The van der Waals surface area contributed by atoms with Crippen molar-refractivity contribution < 1.29 is 4.79 Å². The van der Waals surface area contributed by atoms with Gasteiger partial charge < -0.3 is 10.2 Å². The summed E-state index contributed by atoms with van der Waals surface area (Å²) >= 11 is 0. The summed E-state index contributed by atoms with van der Waals surface area (Å²) in [5.41, 5.74) is 9.95. The molecule has 2 aromatic rings. The van der Waals surface area contributed by atoms with E-state index in [0.717, 1.165) is 43.9 Å². The molecular formula is C20H26N6O. The fourth-order valence-corrected chi connectivity index (χ4v) is 3.74. The third kappa shape index (κ3) is 4.27. The van der Waals surface area contributed by atoms with Crippen molar-refractivity contribution >= 4 is 11.7 Å². The Bertz CT molecular complexity index is 775. The Balaban J connectivity index is 1.27. The maximum atomic E-state index is 12.5. The molecular weight excluding hydrogens is 340 g/mol. The van der Waals surface area contributed by atoms with Crippen LogP contribution in [0.3, 0.4) is 0 Å². The molecule has 2 aliphatic heterocycles. The lowest BCUT2D eigenvalue weighted by Crippen LogP contribution is -2.55. The predicted molar refractivity (Wildman–Crippen MR) is 105 cm³/mol. The summed E-state index contributed by atoms with van der Waals surface area (Å²) in [6.07, 6.45) is 4.97. The second-order valence-corrected chi connectivity index (χ2v) is 7.20. The molecule has 7 nitrogen and oxygen atoms in total. The van der Waals surface area contributed by atoms with Crippen molar-refractivity contribution in [2.24, 2.45) is 0 Å². The monoisotopic (exact) mass is 366 g/mol. The number of piperazine rings is 1. The van der Waals surface area contributed by atoms with Gasteiger partial charge in [0.05, 0.1) is 12.2 Å². The minimum Gasteiger partial charge on any atom is -0.322 e. The lowest BCUT2D eigenvalue weighted by atomic mass is 10.1. The Morgan fingerprint density at radius 1 is 1.15 bits per heavy atom. The average molecular weight is 366 g/mol. The van der Waals surface area contributed by atoms with Crippen molar-refractivity contribution in [2.45, 2.75) is 25.6 Å². The van der Waals surface area contributed by atoms with E-state index in [1.54, 1.807) is 6.20 Å². The van der Waals surface area contributed by atoms with E-state index in [-0.39, 0.29) is 18.2 Å². The number of hydrazine groups is 1. The molecule has 2 aliphatic rings. The van der Waals surface area contributed by atoms with Gasteiger partial charge in [-0.05, 0) is 42.7 Å². The van der Waals surface area contributed by atoms with E-state index >= 15 is 0 Å². The third-order valence-corrected chi connectivity index (χ3v) is 5.28. The Hall–Kier alpha value is -2.48. The van der Waals surface area contributed by atoms with Crippen LogP contribution in [0.2, 0.25) is 0 Å². The zero-order chi connectivity index (χ0) is 18.6. The van der Waals surface area contributed by atoms with E-state index < -0.39 is 0 Å². The Morgan fingerprint density at radius 2 is 2.00 bits per heavy atom. The molecule has 0 bridgehead atoms. The molecule has 7 heteroatoms. The van der Waals surface area contributed by atoms with Crippen molar-refractivity contribution in [1.82, 2.24) is 25.6 Å². The standard InChI is InChI=1S/C20H26N6O/c1-15-4-2-6-17(12-15)22-20(27)26-10-8-25(9-11-26)19-13-18(23-24-19)16-5-3-7-21-14-16/h2-7,12,14,18-19,23-24H,8-11,13H2,1H3,(H,22,27). The molecule has 2 fully saturated rings. The fraction of sp³-hybridized carbons (Fsp3) is 0.400. The molecule has 3 heterocycles. The van der Waals surface area contributed by atoms with Crippen molar-refractivity contribution in [2.75, 3.05) is 31.5 Å². The van der Waals surface area contributed by atoms with Crippen molar-refractivity contribution in [3.05, 3.63) is 59.9 Å². The molecule has 2 amide bonds. The van der Waals surface area contributed by atoms with Crippen LogP contribution >= 0.6 is 0 Å². The van der Waals surface area contributed by atoms with Gasteiger partial charge in [0.25, 0.3) is 0 Å². The van der Waals surface area contributed by atoms with Gasteiger partial charge in [0.2, 0.25) is 0 Å². The van der Waals surface area contributed by atoms with Crippen LogP contribution in [0.25, 0.3) is 0 Å². The van der Waals surface area contributed by atoms with Crippen LogP contribution in [0.1, 0.15) is 23.6 Å². The number of hydrogen-bond acceptors (Lipinski definition) is 5. The van der Waals surface area contributed by atoms with Gasteiger partial charge in [0.1, 0.15) is 0 Å². The van der Waals surface area contributed by atoms with Crippen LogP contribution in [-0.4, -0.2) is 53.2 Å². The van der Waals surface area contributed by atoms with Gasteiger partial charge in [-0.3, -0.25) is 9.88 Å². The summed E-state index contributed by atoms with van der Waals surface area (Å²) in [4.78, 5) is 21.0. The highest BCUT2D eigenvalue weighted by Gasteiger charge is 2.32. The summed E-state index contributed by atoms with van der Waals surface area (Å²) in [5, 5.41) is 3.00. The Morgan fingerprint density at radius 3 is 2.74 bits per heavy atom. The van der Waals surface area contributed by atoms with Crippen molar-refractivity contribution in [1.29, 1.82) is 0 Å². The molecule has 0 radical (unpaired) electrons. The number of aryl methyl sites for hydroxylation is 1. The second kappa shape index (κ2) is 8.04. The molecule has 0 aliphatic carbocycles. The quantitative estimate of drug-likeness (QED) is 0.776. The molecule has 1 aromatic heterocycles. The SMILES string of the molecule is Cc1cccc(NC(=O)N2CCN(C3CC(c4cccnc4)NN3)CC2)c1.